The molecule has 1 heterocycles. The lowest BCUT2D eigenvalue weighted by atomic mass is 10.0. The third-order valence-electron chi connectivity index (χ3n) is 4.42. The van der Waals surface area contributed by atoms with Crippen LogP contribution >= 0.6 is 11.6 Å². The quantitative estimate of drug-likeness (QED) is 0.670. The number of anilines is 2. The van der Waals surface area contributed by atoms with Crippen LogP contribution in [0, 0.1) is 6.92 Å². The van der Waals surface area contributed by atoms with E-state index in [9.17, 15) is 4.79 Å². The number of fused-ring (bicyclic) bond motifs is 1. The third kappa shape index (κ3) is 2.87. The molecule has 4 rings (SSSR count). The van der Waals surface area contributed by atoms with Crippen LogP contribution in [0.4, 0.5) is 11.4 Å². The van der Waals surface area contributed by atoms with Crippen LogP contribution in [0.15, 0.2) is 72.8 Å². The predicted octanol–water partition coefficient (Wildman–Crippen LogP) is 5.42. The van der Waals surface area contributed by atoms with Crippen LogP contribution < -0.4 is 10.2 Å². The van der Waals surface area contributed by atoms with Crippen LogP contribution in [0.25, 0.3) is 0 Å². The Morgan fingerprint density at radius 2 is 1.60 bits per heavy atom. The minimum Gasteiger partial charge on any atom is -0.360 e. The second-order valence-corrected chi connectivity index (χ2v) is 6.59. The van der Waals surface area contributed by atoms with Gasteiger partial charge in [-0.15, -0.1) is 0 Å². The smallest absolute Gasteiger partial charge is 0.262 e. The summed E-state index contributed by atoms with van der Waals surface area (Å²) in [7, 11) is 0. The normalized spacial score (nSPS) is 16.3. The molecule has 0 radical (unpaired) electrons. The summed E-state index contributed by atoms with van der Waals surface area (Å²) < 4.78 is 0. The zero-order valence-electron chi connectivity index (χ0n) is 13.7. The number of benzene rings is 3. The number of halogens is 1. The molecular weight excluding hydrogens is 332 g/mol. The minimum absolute atomic E-state index is 0.0156. The van der Waals surface area contributed by atoms with Gasteiger partial charge in [-0.05, 0) is 48.9 Å². The van der Waals surface area contributed by atoms with Crippen LogP contribution in [0.5, 0.6) is 0 Å². The Labute approximate surface area is 151 Å². The first-order valence-electron chi connectivity index (χ1n) is 8.15. The van der Waals surface area contributed by atoms with Gasteiger partial charge in [0, 0.05) is 16.4 Å². The number of aryl methyl sites for hydroxylation is 1. The molecule has 1 amide bonds. The summed E-state index contributed by atoms with van der Waals surface area (Å²) in [6, 6.07) is 23.2. The van der Waals surface area contributed by atoms with E-state index in [0.29, 0.717) is 10.6 Å². The first kappa shape index (κ1) is 15.7. The molecule has 1 N–H and O–H groups in total. The van der Waals surface area contributed by atoms with Crippen LogP contribution in [0.2, 0.25) is 5.02 Å². The molecule has 1 atom stereocenters. The molecule has 4 heteroatoms. The Morgan fingerprint density at radius 3 is 2.32 bits per heavy atom. The third-order valence-corrected chi connectivity index (χ3v) is 4.68. The van der Waals surface area contributed by atoms with Crippen LogP contribution in [0.3, 0.4) is 0 Å². The van der Waals surface area contributed by atoms with Gasteiger partial charge in [-0.2, -0.15) is 0 Å². The maximum Gasteiger partial charge on any atom is 0.262 e. The van der Waals surface area contributed by atoms with Gasteiger partial charge in [-0.3, -0.25) is 9.69 Å². The summed E-state index contributed by atoms with van der Waals surface area (Å²) in [4.78, 5) is 15.0. The van der Waals surface area contributed by atoms with Gasteiger partial charge in [0.2, 0.25) is 0 Å². The van der Waals surface area contributed by atoms with E-state index < -0.39 is 0 Å². The maximum atomic E-state index is 13.2. The molecule has 0 bridgehead atoms. The predicted molar refractivity (Wildman–Crippen MR) is 102 cm³/mol. The van der Waals surface area contributed by atoms with E-state index in [1.165, 1.54) is 0 Å². The fraction of sp³-hybridized carbons (Fsp3) is 0.0952. The lowest BCUT2D eigenvalue weighted by Gasteiger charge is -2.38. The van der Waals surface area contributed by atoms with Crippen molar-refractivity contribution in [3.63, 3.8) is 0 Å². The number of nitrogens with one attached hydrogen (secondary N) is 1. The molecule has 1 aliphatic heterocycles. The highest BCUT2D eigenvalue weighted by atomic mass is 35.5. The number of para-hydroxylation sites is 1. The van der Waals surface area contributed by atoms with Crippen LogP contribution in [-0.2, 0) is 0 Å². The molecule has 3 nitrogen and oxygen atoms in total. The lowest BCUT2D eigenvalue weighted by Crippen LogP contribution is -2.43. The number of carbonyl (C=O) groups is 1. The molecule has 0 spiro atoms. The van der Waals surface area contributed by atoms with Crippen molar-refractivity contribution in [3.05, 3.63) is 94.5 Å². The monoisotopic (exact) mass is 348 g/mol. The Bertz CT molecular complexity index is 919. The van der Waals surface area contributed by atoms with Crippen LogP contribution in [-0.4, -0.2) is 5.91 Å². The summed E-state index contributed by atoms with van der Waals surface area (Å²) in [5.74, 6) is -0.0156. The second kappa shape index (κ2) is 6.26. The van der Waals surface area contributed by atoms with Gasteiger partial charge in [0.25, 0.3) is 5.91 Å². The van der Waals surface area contributed by atoms with Gasteiger partial charge in [-0.1, -0.05) is 53.6 Å². The topological polar surface area (TPSA) is 32.3 Å². The lowest BCUT2D eigenvalue weighted by molar-refractivity contribution is 0.0975. The van der Waals surface area contributed by atoms with Crippen molar-refractivity contribution < 1.29 is 4.79 Å². The standard InChI is InChI=1S/C21H17ClN2O/c1-14-6-12-17(13-7-14)24-20(15-8-10-16(22)11-9-15)23-19-5-3-2-4-18(19)21(24)25/h2-13,20,23H,1H3/t20-/m0/s1. The molecule has 124 valence electrons. The SMILES string of the molecule is Cc1ccc(N2C(=O)c3ccccc3N[C@@H]2c2ccc(Cl)cc2)cc1. The van der Waals surface area contributed by atoms with Gasteiger partial charge in [-0.25, -0.2) is 0 Å². The molecule has 0 fully saturated rings. The van der Waals surface area contributed by atoms with E-state index in [1.54, 1.807) is 4.90 Å². The van der Waals surface area contributed by atoms with E-state index >= 15 is 0 Å². The summed E-state index contributed by atoms with van der Waals surface area (Å²) in [5.41, 5.74) is 4.51. The van der Waals surface area contributed by atoms with Crippen molar-refractivity contribution >= 4 is 28.9 Å². The van der Waals surface area contributed by atoms with Crippen molar-refractivity contribution in [3.8, 4) is 0 Å². The Kier molecular flexibility index (Phi) is 3.94. The first-order valence-corrected chi connectivity index (χ1v) is 8.52. The highest BCUT2D eigenvalue weighted by Crippen LogP contribution is 2.36. The van der Waals surface area contributed by atoms with E-state index in [1.807, 2.05) is 79.7 Å². The van der Waals surface area contributed by atoms with Crippen LogP contribution in [0.1, 0.15) is 27.7 Å². The molecule has 0 aromatic heterocycles. The first-order chi connectivity index (χ1) is 12.1. The van der Waals surface area contributed by atoms with Crippen molar-refractivity contribution in [1.82, 2.24) is 0 Å². The Morgan fingerprint density at radius 1 is 0.920 bits per heavy atom. The Balaban J connectivity index is 1.85. The molecule has 25 heavy (non-hydrogen) atoms. The summed E-state index contributed by atoms with van der Waals surface area (Å²) >= 11 is 6.03. The van der Waals surface area contributed by atoms with Crippen molar-refractivity contribution in [2.45, 2.75) is 13.1 Å². The molecule has 1 aliphatic rings. The second-order valence-electron chi connectivity index (χ2n) is 6.15. The highest BCUT2D eigenvalue weighted by Gasteiger charge is 2.33. The number of carbonyl (C=O) groups excluding carboxylic acids is 1. The molecule has 0 unspecified atom stereocenters. The molecule has 3 aromatic carbocycles. The van der Waals surface area contributed by atoms with Crippen molar-refractivity contribution in [2.24, 2.45) is 0 Å². The van der Waals surface area contributed by atoms with Crippen molar-refractivity contribution in [2.75, 3.05) is 10.2 Å². The maximum absolute atomic E-state index is 13.2. The van der Waals surface area contributed by atoms with Gasteiger partial charge >= 0.3 is 0 Å². The molecule has 0 aliphatic carbocycles. The van der Waals surface area contributed by atoms with Gasteiger partial charge in [0.1, 0.15) is 6.17 Å². The Hall–Kier alpha value is -2.78. The number of amides is 1. The van der Waals surface area contributed by atoms with Gasteiger partial charge in [0.15, 0.2) is 0 Å². The fourth-order valence-electron chi connectivity index (χ4n) is 3.10. The zero-order chi connectivity index (χ0) is 17.4. The average molecular weight is 349 g/mol. The molecule has 0 saturated heterocycles. The highest BCUT2D eigenvalue weighted by molar-refractivity contribution is 6.30. The van der Waals surface area contributed by atoms with E-state index in [2.05, 4.69) is 5.32 Å². The zero-order valence-corrected chi connectivity index (χ0v) is 14.5. The summed E-state index contributed by atoms with van der Waals surface area (Å²) in [6.45, 7) is 2.03. The largest absolute Gasteiger partial charge is 0.360 e. The van der Waals surface area contributed by atoms with E-state index in [-0.39, 0.29) is 12.1 Å². The minimum atomic E-state index is -0.289. The number of hydrogen-bond acceptors (Lipinski definition) is 2. The molecule has 3 aromatic rings. The average Bonchev–Trinajstić information content (AvgIpc) is 2.63. The van der Waals surface area contributed by atoms with E-state index in [4.69, 9.17) is 11.6 Å². The van der Waals surface area contributed by atoms with E-state index in [0.717, 1.165) is 22.5 Å². The number of rotatable bonds is 2. The molecule has 0 saturated carbocycles. The van der Waals surface area contributed by atoms with Gasteiger partial charge in [0.05, 0.1) is 5.56 Å². The molecular formula is C21H17ClN2O. The van der Waals surface area contributed by atoms with Gasteiger partial charge < -0.3 is 5.32 Å². The summed E-state index contributed by atoms with van der Waals surface area (Å²) in [5, 5.41) is 4.16. The summed E-state index contributed by atoms with van der Waals surface area (Å²) in [6.07, 6.45) is -0.289. The number of hydrogen-bond donors (Lipinski definition) is 1. The van der Waals surface area contributed by atoms with Crippen molar-refractivity contribution in [1.29, 1.82) is 0 Å². The number of nitrogens with zero attached hydrogens (tertiary/aromatic N) is 1. The fourth-order valence-corrected chi connectivity index (χ4v) is 3.23.